The van der Waals surface area contributed by atoms with Crippen LogP contribution < -0.4 is 10.1 Å². The van der Waals surface area contributed by atoms with Gasteiger partial charge in [-0.2, -0.15) is 0 Å². The molecule has 2 aromatic rings. The first-order chi connectivity index (χ1) is 10.1. The van der Waals surface area contributed by atoms with Gasteiger partial charge in [-0.15, -0.1) is 0 Å². The summed E-state index contributed by atoms with van der Waals surface area (Å²) in [6.07, 6.45) is 0. The van der Waals surface area contributed by atoms with Crippen molar-refractivity contribution in [3.63, 3.8) is 0 Å². The molecule has 3 heteroatoms. The van der Waals surface area contributed by atoms with Crippen molar-refractivity contribution in [1.82, 2.24) is 5.32 Å². The van der Waals surface area contributed by atoms with Crippen LogP contribution in [0.15, 0.2) is 40.9 Å². The summed E-state index contributed by atoms with van der Waals surface area (Å²) in [7, 11) is 0. The Balaban J connectivity index is 2.01. The molecule has 0 saturated carbocycles. The van der Waals surface area contributed by atoms with E-state index in [1.54, 1.807) is 0 Å². The van der Waals surface area contributed by atoms with Gasteiger partial charge < -0.3 is 10.1 Å². The van der Waals surface area contributed by atoms with Gasteiger partial charge in [0.05, 0.1) is 4.47 Å². The van der Waals surface area contributed by atoms with Crippen LogP contribution in [0.5, 0.6) is 5.75 Å². The van der Waals surface area contributed by atoms with E-state index in [-0.39, 0.29) is 0 Å². The summed E-state index contributed by atoms with van der Waals surface area (Å²) in [5, 5.41) is 3.32. The zero-order chi connectivity index (χ0) is 15.2. The third kappa shape index (κ3) is 4.58. The minimum atomic E-state index is 0.590. The maximum atomic E-state index is 5.91. The Kier molecular flexibility index (Phi) is 5.83. The van der Waals surface area contributed by atoms with E-state index >= 15 is 0 Å². The topological polar surface area (TPSA) is 21.3 Å². The minimum absolute atomic E-state index is 0.590. The van der Waals surface area contributed by atoms with Crippen molar-refractivity contribution in [2.45, 2.75) is 33.9 Å². The summed E-state index contributed by atoms with van der Waals surface area (Å²) in [6.45, 7) is 8.81. The highest BCUT2D eigenvalue weighted by Crippen LogP contribution is 2.27. The van der Waals surface area contributed by atoms with Crippen molar-refractivity contribution in [1.29, 1.82) is 0 Å². The van der Waals surface area contributed by atoms with Gasteiger partial charge in [0.2, 0.25) is 0 Å². The molecule has 0 saturated heterocycles. The van der Waals surface area contributed by atoms with Crippen LogP contribution >= 0.6 is 15.9 Å². The maximum Gasteiger partial charge on any atom is 0.134 e. The van der Waals surface area contributed by atoms with Crippen molar-refractivity contribution in [2.75, 3.05) is 6.54 Å². The maximum absolute atomic E-state index is 5.91. The second-order valence-corrected chi connectivity index (χ2v) is 6.11. The molecule has 0 amide bonds. The zero-order valence-corrected chi connectivity index (χ0v) is 14.5. The Morgan fingerprint density at radius 2 is 1.76 bits per heavy atom. The molecule has 0 fully saturated rings. The predicted molar refractivity (Wildman–Crippen MR) is 91.8 cm³/mol. The highest BCUT2D eigenvalue weighted by molar-refractivity contribution is 9.10. The molecule has 0 atom stereocenters. The van der Waals surface area contributed by atoms with Gasteiger partial charge in [-0.3, -0.25) is 0 Å². The first-order valence-electron chi connectivity index (χ1n) is 7.28. The van der Waals surface area contributed by atoms with Gasteiger partial charge in [0.25, 0.3) is 0 Å². The summed E-state index contributed by atoms with van der Waals surface area (Å²) in [6, 6.07) is 12.7. The lowest BCUT2D eigenvalue weighted by atomic mass is 10.1. The van der Waals surface area contributed by atoms with E-state index in [1.807, 2.05) is 6.07 Å². The van der Waals surface area contributed by atoms with Crippen LogP contribution in [0.3, 0.4) is 0 Å². The number of nitrogens with one attached hydrogen (secondary N) is 1. The van der Waals surface area contributed by atoms with Crippen molar-refractivity contribution >= 4 is 15.9 Å². The highest BCUT2D eigenvalue weighted by Gasteiger charge is 2.04. The molecule has 0 unspecified atom stereocenters. The van der Waals surface area contributed by atoms with Crippen LogP contribution in [0.2, 0.25) is 0 Å². The van der Waals surface area contributed by atoms with E-state index in [1.165, 1.54) is 22.3 Å². The fourth-order valence-corrected chi connectivity index (χ4v) is 2.64. The molecule has 112 valence electrons. The largest absolute Gasteiger partial charge is 0.488 e. The molecule has 0 bridgehead atoms. The fourth-order valence-electron chi connectivity index (χ4n) is 2.10. The summed E-state index contributed by atoms with van der Waals surface area (Å²) < 4.78 is 6.91. The van der Waals surface area contributed by atoms with E-state index in [2.05, 4.69) is 72.3 Å². The van der Waals surface area contributed by atoms with Gasteiger partial charge in [0.1, 0.15) is 12.4 Å². The smallest absolute Gasteiger partial charge is 0.134 e. The van der Waals surface area contributed by atoms with E-state index in [4.69, 9.17) is 4.74 Å². The quantitative estimate of drug-likeness (QED) is 0.813. The molecule has 1 N–H and O–H groups in total. The molecule has 2 aromatic carbocycles. The summed E-state index contributed by atoms with van der Waals surface area (Å²) in [4.78, 5) is 0. The number of aryl methyl sites for hydroxylation is 2. The van der Waals surface area contributed by atoms with E-state index in [9.17, 15) is 0 Å². The van der Waals surface area contributed by atoms with E-state index in [0.717, 1.165) is 23.3 Å². The van der Waals surface area contributed by atoms with Gasteiger partial charge >= 0.3 is 0 Å². The number of benzene rings is 2. The lowest BCUT2D eigenvalue weighted by Gasteiger charge is -2.11. The molecule has 21 heavy (non-hydrogen) atoms. The number of halogens is 1. The average Bonchev–Trinajstić information content (AvgIpc) is 2.47. The van der Waals surface area contributed by atoms with Crippen molar-refractivity contribution in [3.8, 4) is 5.75 Å². The average molecular weight is 348 g/mol. The first kappa shape index (κ1) is 16.1. The summed E-state index contributed by atoms with van der Waals surface area (Å²) >= 11 is 3.59. The molecule has 0 radical (unpaired) electrons. The lowest BCUT2D eigenvalue weighted by molar-refractivity contribution is 0.304. The molecule has 0 heterocycles. The monoisotopic (exact) mass is 347 g/mol. The summed E-state index contributed by atoms with van der Waals surface area (Å²) in [5.41, 5.74) is 5.06. The molecule has 0 aromatic heterocycles. The van der Waals surface area contributed by atoms with Crippen molar-refractivity contribution in [2.24, 2.45) is 0 Å². The Bertz CT molecular complexity index is 610. The second-order valence-electron chi connectivity index (χ2n) is 5.25. The normalized spacial score (nSPS) is 10.7. The number of hydrogen-bond donors (Lipinski definition) is 1. The van der Waals surface area contributed by atoms with Crippen LogP contribution in [0, 0.1) is 13.8 Å². The fraction of sp³-hybridized carbons (Fsp3) is 0.333. The number of ether oxygens (including phenoxy) is 1. The molecular formula is C18H22BrNO. The van der Waals surface area contributed by atoms with Crippen LogP contribution in [-0.4, -0.2) is 6.54 Å². The molecule has 2 nitrogen and oxygen atoms in total. The van der Waals surface area contributed by atoms with Gasteiger partial charge in [-0.25, -0.2) is 0 Å². The highest BCUT2D eigenvalue weighted by atomic mass is 79.9. The van der Waals surface area contributed by atoms with Crippen molar-refractivity contribution < 1.29 is 4.74 Å². The second kappa shape index (κ2) is 7.62. The third-order valence-corrected chi connectivity index (χ3v) is 4.16. The Morgan fingerprint density at radius 1 is 1.00 bits per heavy atom. The van der Waals surface area contributed by atoms with Crippen LogP contribution in [0.25, 0.3) is 0 Å². The molecular weight excluding hydrogens is 326 g/mol. The van der Waals surface area contributed by atoms with Gasteiger partial charge in [0, 0.05) is 6.54 Å². The van der Waals surface area contributed by atoms with Gasteiger partial charge in [-0.05, 0) is 70.7 Å². The molecule has 0 aliphatic carbocycles. The molecule has 0 aliphatic heterocycles. The predicted octanol–water partition coefficient (Wildman–Crippen LogP) is 4.75. The number of hydrogen-bond acceptors (Lipinski definition) is 2. The SMILES string of the molecule is CCNCc1ccc(OCc2ccc(C)c(C)c2)c(Br)c1. The van der Waals surface area contributed by atoms with E-state index in [0.29, 0.717) is 6.61 Å². The minimum Gasteiger partial charge on any atom is -0.488 e. The first-order valence-corrected chi connectivity index (χ1v) is 8.07. The Hall–Kier alpha value is -1.32. The standard InChI is InChI=1S/C18H22BrNO/c1-4-20-11-15-7-8-18(17(19)10-15)21-12-16-6-5-13(2)14(3)9-16/h5-10,20H,4,11-12H2,1-3H3. The van der Waals surface area contributed by atoms with Crippen LogP contribution in [0.4, 0.5) is 0 Å². The van der Waals surface area contributed by atoms with Gasteiger partial charge in [-0.1, -0.05) is 31.2 Å². The third-order valence-electron chi connectivity index (χ3n) is 3.54. The summed E-state index contributed by atoms with van der Waals surface area (Å²) in [5.74, 6) is 0.883. The molecule has 2 rings (SSSR count). The lowest BCUT2D eigenvalue weighted by Crippen LogP contribution is -2.11. The Morgan fingerprint density at radius 3 is 2.43 bits per heavy atom. The Labute approximate surface area is 135 Å². The molecule has 0 aliphatic rings. The van der Waals surface area contributed by atoms with E-state index < -0.39 is 0 Å². The zero-order valence-electron chi connectivity index (χ0n) is 12.9. The van der Waals surface area contributed by atoms with Crippen molar-refractivity contribution in [3.05, 3.63) is 63.1 Å². The van der Waals surface area contributed by atoms with Crippen LogP contribution in [-0.2, 0) is 13.2 Å². The number of rotatable bonds is 6. The van der Waals surface area contributed by atoms with Crippen LogP contribution in [0.1, 0.15) is 29.2 Å². The molecule has 0 spiro atoms. The van der Waals surface area contributed by atoms with Gasteiger partial charge in [0.15, 0.2) is 0 Å².